The fourth-order valence-corrected chi connectivity index (χ4v) is 3.12. The molecule has 0 radical (unpaired) electrons. The van der Waals surface area contributed by atoms with Crippen LogP contribution in [0.2, 0.25) is 0 Å². The standard InChI is InChI=1S/C15H17NO2S/c1-9-5-4-6-12(10(9)2)7-13-11(3)16-14(19-13)8-15(17)18/h4-6H,7-8H2,1-3H3,(H,17,18). The van der Waals surface area contributed by atoms with Crippen LogP contribution in [0.25, 0.3) is 0 Å². The lowest BCUT2D eigenvalue weighted by Crippen LogP contribution is -1.98. The molecule has 0 saturated heterocycles. The monoisotopic (exact) mass is 275 g/mol. The summed E-state index contributed by atoms with van der Waals surface area (Å²) in [7, 11) is 0. The normalized spacial score (nSPS) is 10.7. The molecule has 0 aliphatic heterocycles. The van der Waals surface area contributed by atoms with E-state index in [0.29, 0.717) is 5.01 Å². The summed E-state index contributed by atoms with van der Waals surface area (Å²) in [5.41, 5.74) is 4.82. The predicted octanol–water partition coefficient (Wildman–Crippen LogP) is 3.29. The SMILES string of the molecule is Cc1cccc(Cc2sc(CC(=O)O)nc2C)c1C. The van der Waals surface area contributed by atoms with Crippen molar-refractivity contribution < 1.29 is 9.90 Å². The van der Waals surface area contributed by atoms with Crippen molar-refractivity contribution >= 4 is 17.3 Å². The van der Waals surface area contributed by atoms with Gasteiger partial charge in [0.15, 0.2) is 0 Å². The van der Waals surface area contributed by atoms with Crippen LogP contribution in [0.1, 0.15) is 32.3 Å². The van der Waals surface area contributed by atoms with E-state index in [2.05, 4.69) is 37.0 Å². The maximum absolute atomic E-state index is 10.7. The number of thiazole rings is 1. The number of aliphatic carboxylic acids is 1. The van der Waals surface area contributed by atoms with Gasteiger partial charge in [0.2, 0.25) is 0 Å². The largest absolute Gasteiger partial charge is 0.481 e. The summed E-state index contributed by atoms with van der Waals surface area (Å²) in [6, 6.07) is 6.29. The molecule has 0 amide bonds. The van der Waals surface area contributed by atoms with Gasteiger partial charge in [-0.1, -0.05) is 18.2 Å². The number of rotatable bonds is 4. The fraction of sp³-hybridized carbons (Fsp3) is 0.333. The van der Waals surface area contributed by atoms with Gasteiger partial charge in [-0.15, -0.1) is 11.3 Å². The average Bonchev–Trinajstić information content (AvgIpc) is 2.64. The smallest absolute Gasteiger partial charge is 0.310 e. The van der Waals surface area contributed by atoms with Crippen molar-refractivity contribution in [3.05, 3.63) is 50.5 Å². The van der Waals surface area contributed by atoms with Gasteiger partial charge in [-0.2, -0.15) is 0 Å². The summed E-state index contributed by atoms with van der Waals surface area (Å²) >= 11 is 1.51. The van der Waals surface area contributed by atoms with Crippen molar-refractivity contribution in [3.8, 4) is 0 Å². The maximum atomic E-state index is 10.7. The molecule has 19 heavy (non-hydrogen) atoms. The van der Waals surface area contributed by atoms with Crippen LogP contribution in [0.5, 0.6) is 0 Å². The number of hydrogen-bond donors (Lipinski definition) is 1. The molecule has 1 heterocycles. The molecule has 0 aliphatic rings. The number of benzene rings is 1. The first-order valence-corrected chi connectivity index (χ1v) is 7.01. The van der Waals surface area contributed by atoms with Crippen molar-refractivity contribution in [2.75, 3.05) is 0 Å². The topological polar surface area (TPSA) is 50.2 Å². The zero-order chi connectivity index (χ0) is 14.0. The second kappa shape index (κ2) is 5.53. The number of carboxylic acid groups (broad SMARTS) is 1. The molecule has 0 bridgehead atoms. The number of nitrogens with zero attached hydrogens (tertiary/aromatic N) is 1. The van der Waals surface area contributed by atoms with Gasteiger partial charge in [-0.25, -0.2) is 4.98 Å². The first kappa shape index (κ1) is 13.7. The molecule has 0 aliphatic carbocycles. The van der Waals surface area contributed by atoms with Crippen LogP contribution >= 0.6 is 11.3 Å². The Hall–Kier alpha value is -1.68. The van der Waals surface area contributed by atoms with Crippen LogP contribution in [-0.4, -0.2) is 16.1 Å². The highest BCUT2D eigenvalue weighted by Gasteiger charge is 2.12. The summed E-state index contributed by atoms with van der Waals surface area (Å²) in [5.74, 6) is -0.827. The van der Waals surface area contributed by atoms with Gasteiger partial charge in [0.25, 0.3) is 0 Å². The quantitative estimate of drug-likeness (QED) is 0.931. The molecule has 0 atom stereocenters. The van der Waals surface area contributed by atoms with Gasteiger partial charge in [-0.3, -0.25) is 4.79 Å². The van der Waals surface area contributed by atoms with E-state index in [1.807, 2.05) is 6.92 Å². The van der Waals surface area contributed by atoms with E-state index in [9.17, 15) is 4.79 Å². The lowest BCUT2D eigenvalue weighted by atomic mass is 10.0. The molecule has 0 fully saturated rings. The highest BCUT2D eigenvalue weighted by molar-refractivity contribution is 7.11. The van der Waals surface area contributed by atoms with Gasteiger partial charge in [0.05, 0.1) is 12.1 Å². The summed E-state index contributed by atoms with van der Waals surface area (Å²) in [6.07, 6.45) is 0.842. The van der Waals surface area contributed by atoms with Crippen molar-refractivity contribution in [2.45, 2.75) is 33.6 Å². The third-order valence-electron chi connectivity index (χ3n) is 3.31. The van der Waals surface area contributed by atoms with Crippen LogP contribution in [0.3, 0.4) is 0 Å². The highest BCUT2D eigenvalue weighted by atomic mass is 32.1. The van der Waals surface area contributed by atoms with E-state index in [-0.39, 0.29) is 6.42 Å². The molecule has 0 spiro atoms. The maximum Gasteiger partial charge on any atom is 0.310 e. The van der Waals surface area contributed by atoms with Crippen molar-refractivity contribution in [1.82, 2.24) is 4.98 Å². The molecule has 3 nitrogen and oxygen atoms in total. The first-order chi connectivity index (χ1) is 8.97. The first-order valence-electron chi connectivity index (χ1n) is 6.19. The van der Waals surface area contributed by atoms with E-state index in [1.165, 1.54) is 28.0 Å². The summed E-state index contributed by atoms with van der Waals surface area (Å²) < 4.78 is 0. The molecule has 2 aromatic rings. The zero-order valence-electron chi connectivity index (χ0n) is 11.4. The Bertz CT molecular complexity index is 617. The van der Waals surface area contributed by atoms with E-state index >= 15 is 0 Å². The Balaban J connectivity index is 2.26. The minimum atomic E-state index is -0.827. The van der Waals surface area contributed by atoms with Crippen molar-refractivity contribution in [2.24, 2.45) is 0 Å². The molecular formula is C15H17NO2S. The van der Waals surface area contributed by atoms with Crippen molar-refractivity contribution in [1.29, 1.82) is 0 Å². The van der Waals surface area contributed by atoms with Crippen LogP contribution in [0, 0.1) is 20.8 Å². The van der Waals surface area contributed by atoms with Crippen molar-refractivity contribution in [3.63, 3.8) is 0 Å². The molecule has 0 saturated carbocycles. The summed E-state index contributed by atoms with van der Waals surface area (Å²) in [6.45, 7) is 6.18. The number of carboxylic acids is 1. The third-order valence-corrected chi connectivity index (χ3v) is 4.46. The van der Waals surface area contributed by atoms with Gasteiger partial charge in [0, 0.05) is 11.3 Å². The lowest BCUT2D eigenvalue weighted by molar-refractivity contribution is -0.136. The fourth-order valence-electron chi connectivity index (χ4n) is 2.03. The average molecular weight is 275 g/mol. The Kier molecular flexibility index (Phi) is 4.00. The van der Waals surface area contributed by atoms with Crippen LogP contribution in [0.4, 0.5) is 0 Å². The number of aryl methyl sites for hydroxylation is 2. The van der Waals surface area contributed by atoms with Crippen LogP contribution in [-0.2, 0) is 17.6 Å². The van der Waals surface area contributed by atoms with Crippen LogP contribution in [0.15, 0.2) is 18.2 Å². The number of hydrogen-bond acceptors (Lipinski definition) is 3. The molecule has 4 heteroatoms. The van der Waals surface area contributed by atoms with E-state index < -0.39 is 5.97 Å². The Morgan fingerprint density at radius 2 is 2.05 bits per heavy atom. The third kappa shape index (κ3) is 3.20. The Morgan fingerprint density at radius 1 is 1.32 bits per heavy atom. The van der Waals surface area contributed by atoms with Gasteiger partial charge in [0.1, 0.15) is 5.01 Å². The van der Waals surface area contributed by atoms with Gasteiger partial charge in [-0.05, 0) is 37.5 Å². The molecule has 2 rings (SSSR count). The Morgan fingerprint density at radius 3 is 2.74 bits per heavy atom. The molecule has 1 aromatic carbocycles. The zero-order valence-corrected chi connectivity index (χ0v) is 12.2. The molecule has 1 aromatic heterocycles. The summed E-state index contributed by atoms with van der Waals surface area (Å²) in [4.78, 5) is 16.2. The van der Waals surface area contributed by atoms with E-state index in [0.717, 1.165) is 17.0 Å². The molecule has 1 N–H and O–H groups in total. The second-order valence-corrected chi connectivity index (χ2v) is 5.89. The summed E-state index contributed by atoms with van der Waals surface area (Å²) in [5, 5.41) is 9.49. The van der Waals surface area contributed by atoms with Gasteiger partial charge < -0.3 is 5.11 Å². The molecular weight excluding hydrogens is 258 g/mol. The highest BCUT2D eigenvalue weighted by Crippen LogP contribution is 2.24. The Labute approximate surface area is 116 Å². The minimum Gasteiger partial charge on any atom is -0.481 e. The number of aromatic nitrogens is 1. The number of carbonyl (C=O) groups is 1. The van der Waals surface area contributed by atoms with E-state index in [4.69, 9.17) is 5.11 Å². The van der Waals surface area contributed by atoms with Crippen LogP contribution < -0.4 is 0 Å². The second-order valence-electron chi connectivity index (χ2n) is 4.72. The predicted molar refractivity (Wildman–Crippen MR) is 76.9 cm³/mol. The van der Waals surface area contributed by atoms with E-state index in [1.54, 1.807) is 0 Å². The molecule has 0 unspecified atom stereocenters. The molecule has 100 valence electrons. The lowest BCUT2D eigenvalue weighted by Gasteiger charge is -2.07. The minimum absolute atomic E-state index is 0.0122. The van der Waals surface area contributed by atoms with Gasteiger partial charge >= 0.3 is 5.97 Å².